The second kappa shape index (κ2) is 6.78. The highest BCUT2D eigenvalue weighted by atomic mass is 35.5. The molecule has 0 fully saturated rings. The Labute approximate surface area is 115 Å². The van der Waals surface area contributed by atoms with E-state index in [9.17, 15) is 17.8 Å². The minimum Gasteiger partial charge on any atom is -0.478 e. The van der Waals surface area contributed by atoms with Crippen LogP contribution in [-0.4, -0.2) is 33.1 Å². The SMILES string of the molecule is O=C(O)c1c(F)ccc(N(CCCF)S(=O)O)c1Cl. The summed E-state index contributed by atoms with van der Waals surface area (Å²) in [6, 6.07) is 1.89. The van der Waals surface area contributed by atoms with E-state index < -0.39 is 40.3 Å². The van der Waals surface area contributed by atoms with E-state index in [0.29, 0.717) is 0 Å². The van der Waals surface area contributed by atoms with Gasteiger partial charge in [-0.3, -0.25) is 13.2 Å². The maximum Gasteiger partial charge on any atom is 0.340 e. The van der Waals surface area contributed by atoms with Crippen LogP contribution in [0.2, 0.25) is 5.02 Å². The van der Waals surface area contributed by atoms with Crippen LogP contribution in [0.3, 0.4) is 0 Å². The molecule has 9 heteroatoms. The van der Waals surface area contributed by atoms with E-state index in [1.807, 2.05) is 0 Å². The van der Waals surface area contributed by atoms with Gasteiger partial charge in [0.2, 0.25) is 0 Å². The first kappa shape index (κ1) is 15.8. The first-order chi connectivity index (χ1) is 8.90. The van der Waals surface area contributed by atoms with Crippen LogP contribution in [0, 0.1) is 5.82 Å². The van der Waals surface area contributed by atoms with Gasteiger partial charge in [-0.05, 0) is 18.6 Å². The summed E-state index contributed by atoms with van der Waals surface area (Å²) in [6.07, 6.45) is -0.0532. The van der Waals surface area contributed by atoms with Crippen LogP contribution in [0.5, 0.6) is 0 Å². The molecule has 0 bridgehead atoms. The van der Waals surface area contributed by atoms with Crippen molar-refractivity contribution in [3.63, 3.8) is 0 Å². The lowest BCUT2D eigenvalue weighted by Gasteiger charge is -2.21. The fourth-order valence-electron chi connectivity index (χ4n) is 1.42. The zero-order valence-electron chi connectivity index (χ0n) is 9.48. The molecule has 0 aliphatic heterocycles. The number of halogens is 3. The molecule has 19 heavy (non-hydrogen) atoms. The van der Waals surface area contributed by atoms with Gasteiger partial charge in [-0.25, -0.2) is 13.4 Å². The molecule has 106 valence electrons. The second-order valence-electron chi connectivity index (χ2n) is 3.44. The number of hydrogen-bond acceptors (Lipinski definition) is 2. The molecule has 0 spiro atoms. The summed E-state index contributed by atoms with van der Waals surface area (Å²) >= 11 is 3.20. The van der Waals surface area contributed by atoms with E-state index in [0.717, 1.165) is 16.4 Å². The fraction of sp³-hybridized carbons (Fsp3) is 0.300. The van der Waals surface area contributed by atoms with Crippen molar-refractivity contribution in [2.24, 2.45) is 0 Å². The van der Waals surface area contributed by atoms with Crippen LogP contribution in [0.1, 0.15) is 16.8 Å². The van der Waals surface area contributed by atoms with E-state index in [2.05, 4.69) is 0 Å². The highest BCUT2D eigenvalue weighted by Gasteiger charge is 2.23. The van der Waals surface area contributed by atoms with Crippen molar-refractivity contribution in [2.75, 3.05) is 17.5 Å². The molecule has 0 heterocycles. The van der Waals surface area contributed by atoms with Gasteiger partial charge in [0.05, 0.1) is 17.4 Å². The van der Waals surface area contributed by atoms with Crippen LogP contribution in [-0.2, 0) is 11.3 Å². The summed E-state index contributed by atoms with van der Waals surface area (Å²) in [7, 11) is 0. The van der Waals surface area contributed by atoms with Crippen LogP contribution in [0.25, 0.3) is 0 Å². The summed E-state index contributed by atoms with van der Waals surface area (Å²) in [5.41, 5.74) is -0.940. The first-order valence-electron chi connectivity index (χ1n) is 5.06. The Balaban J connectivity index is 3.28. The molecule has 0 aromatic heterocycles. The van der Waals surface area contributed by atoms with E-state index in [1.54, 1.807) is 0 Å². The predicted molar refractivity (Wildman–Crippen MR) is 67.1 cm³/mol. The molecule has 1 unspecified atom stereocenters. The molecular formula is C10H10ClF2NO4S. The number of carboxylic acids is 1. The van der Waals surface area contributed by atoms with Gasteiger partial charge in [-0.15, -0.1) is 0 Å². The van der Waals surface area contributed by atoms with Gasteiger partial charge >= 0.3 is 5.97 Å². The van der Waals surface area contributed by atoms with E-state index >= 15 is 0 Å². The number of anilines is 1. The third kappa shape index (κ3) is 3.62. The molecule has 0 saturated carbocycles. The zero-order chi connectivity index (χ0) is 14.6. The van der Waals surface area contributed by atoms with Crippen molar-refractivity contribution in [1.29, 1.82) is 0 Å². The van der Waals surface area contributed by atoms with Crippen molar-refractivity contribution in [3.05, 3.63) is 28.5 Å². The van der Waals surface area contributed by atoms with Crippen molar-refractivity contribution in [1.82, 2.24) is 0 Å². The van der Waals surface area contributed by atoms with Gasteiger partial charge in [0, 0.05) is 6.54 Å². The van der Waals surface area contributed by atoms with Crippen LogP contribution in [0.4, 0.5) is 14.5 Å². The summed E-state index contributed by atoms with van der Waals surface area (Å²) < 4.78 is 46.4. The minimum atomic E-state index is -2.53. The van der Waals surface area contributed by atoms with Gasteiger partial charge < -0.3 is 5.11 Å². The van der Waals surface area contributed by atoms with E-state index in [-0.39, 0.29) is 18.7 Å². The third-order valence-corrected chi connectivity index (χ3v) is 3.38. The molecule has 1 rings (SSSR count). The Hall–Kier alpha value is -1.25. The molecular weight excluding hydrogens is 304 g/mol. The van der Waals surface area contributed by atoms with Crippen molar-refractivity contribution < 1.29 is 27.4 Å². The number of nitrogens with zero attached hydrogens (tertiary/aromatic N) is 1. The maximum atomic E-state index is 13.3. The highest BCUT2D eigenvalue weighted by molar-refractivity contribution is 7.80. The summed E-state index contributed by atoms with van der Waals surface area (Å²) in [5.74, 6) is -2.66. The Bertz CT molecular complexity index is 515. The Morgan fingerprint density at radius 3 is 2.58 bits per heavy atom. The molecule has 0 aliphatic carbocycles. The Kier molecular flexibility index (Phi) is 5.64. The first-order valence-corrected chi connectivity index (χ1v) is 6.50. The number of alkyl halides is 1. The van der Waals surface area contributed by atoms with Gasteiger partial charge in [0.1, 0.15) is 11.4 Å². The lowest BCUT2D eigenvalue weighted by Crippen LogP contribution is -2.27. The molecule has 0 radical (unpaired) electrons. The van der Waals surface area contributed by atoms with Crippen LogP contribution in [0.15, 0.2) is 12.1 Å². The number of carbonyl (C=O) groups is 1. The highest BCUT2D eigenvalue weighted by Crippen LogP contribution is 2.32. The third-order valence-electron chi connectivity index (χ3n) is 2.24. The summed E-state index contributed by atoms with van der Waals surface area (Å²) in [5, 5.41) is 8.32. The maximum absolute atomic E-state index is 13.3. The monoisotopic (exact) mass is 313 g/mol. The molecule has 0 saturated heterocycles. The molecule has 1 aromatic carbocycles. The molecule has 0 aliphatic rings. The van der Waals surface area contributed by atoms with Crippen LogP contribution >= 0.6 is 11.6 Å². The zero-order valence-corrected chi connectivity index (χ0v) is 11.0. The smallest absolute Gasteiger partial charge is 0.340 e. The van der Waals surface area contributed by atoms with Crippen molar-refractivity contribution >= 4 is 34.5 Å². The standard InChI is InChI=1S/C10H10ClF2NO4S/c11-9-7(14(19(17)18)5-1-4-12)3-2-6(13)8(9)10(15)16/h2-3H,1,4-5H2,(H,15,16)(H,17,18). The van der Waals surface area contributed by atoms with Gasteiger partial charge in [-0.1, -0.05) is 11.6 Å². The number of benzene rings is 1. The van der Waals surface area contributed by atoms with Crippen LogP contribution < -0.4 is 4.31 Å². The quantitative estimate of drug-likeness (QED) is 0.791. The Morgan fingerprint density at radius 1 is 1.47 bits per heavy atom. The van der Waals surface area contributed by atoms with E-state index in [4.69, 9.17) is 21.3 Å². The minimum absolute atomic E-state index is 0.0532. The Morgan fingerprint density at radius 2 is 2.11 bits per heavy atom. The van der Waals surface area contributed by atoms with E-state index in [1.165, 1.54) is 0 Å². The molecule has 1 aromatic rings. The van der Waals surface area contributed by atoms with Gasteiger partial charge in [0.15, 0.2) is 0 Å². The number of aromatic carboxylic acids is 1. The summed E-state index contributed by atoms with van der Waals surface area (Å²) in [6.45, 7) is -0.887. The molecule has 2 N–H and O–H groups in total. The molecule has 1 atom stereocenters. The second-order valence-corrected chi connectivity index (χ2v) is 4.72. The number of rotatable bonds is 6. The van der Waals surface area contributed by atoms with Crippen molar-refractivity contribution in [2.45, 2.75) is 6.42 Å². The van der Waals surface area contributed by atoms with Gasteiger partial charge in [0.25, 0.3) is 11.3 Å². The largest absolute Gasteiger partial charge is 0.478 e. The topological polar surface area (TPSA) is 77.8 Å². The lowest BCUT2D eigenvalue weighted by atomic mass is 10.2. The molecule has 0 amide bonds. The predicted octanol–water partition coefficient (Wildman–Crippen LogP) is 2.48. The lowest BCUT2D eigenvalue weighted by molar-refractivity contribution is 0.0692. The summed E-state index contributed by atoms with van der Waals surface area (Å²) in [4.78, 5) is 10.9. The molecule has 5 nitrogen and oxygen atoms in total. The average Bonchev–Trinajstić information content (AvgIpc) is 2.31. The average molecular weight is 314 g/mol. The number of hydrogen-bond donors (Lipinski definition) is 2. The fourth-order valence-corrected chi connectivity index (χ4v) is 2.41. The normalized spacial score (nSPS) is 12.2. The van der Waals surface area contributed by atoms with Crippen molar-refractivity contribution in [3.8, 4) is 0 Å². The van der Waals surface area contributed by atoms with Gasteiger partial charge in [-0.2, -0.15) is 0 Å². The number of carboxylic acid groups (broad SMARTS) is 1.